The molecule has 0 amide bonds. The maximum absolute atomic E-state index is 12.1. The van der Waals surface area contributed by atoms with Crippen LogP contribution in [0.4, 0.5) is 0 Å². The molecule has 1 unspecified atom stereocenters. The van der Waals surface area contributed by atoms with Crippen LogP contribution in [0.25, 0.3) is 0 Å². The number of rotatable bonds is 2. The molecule has 0 aromatic carbocycles. The van der Waals surface area contributed by atoms with E-state index >= 15 is 0 Å². The van der Waals surface area contributed by atoms with E-state index in [2.05, 4.69) is 5.32 Å². The van der Waals surface area contributed by atoms with Gasteiger partial charge < -0.3 is 5.32 Å². The first-order valence-electron chi connectivity index (χ1n) is 5.67. The largest absolute Gasteiger partial charge is 0.301 e. The van der Waals surface area contributed by atoms with Gasteiger partial charge in [-0.15, -0.1) is 0 Å². The zero-order chi connectivity index (χ0) is 10.0. The first-order chi connectivity index (χ1) is 6.71. The molecule has 3 nitrogen and oxygen atoms in total. The predicted octanol–water partition coefficient (Wildman–Crippen LogP) is 1.44. The van der Waals surface area contributed by atoms with Crippen molar-refractivity contribution in [3.63, 3.8) is 0 Å². The predicted molar refractivity (Wildman–Crippen MR) is 56.8 cm³/mol. The Balaban J connectivity index is 2.05. The normalized spacial score (nSPS) is 30.7. The van der Waals surface area contributed by atoms with Crippen LogP contribution in [0.5, 0.6) is 0 Å². The Kier molecular flexibility index (Phi) is 3.12. The maximum atomic E-state index is 12.1. The van der Waals surface area contributed by atoms with Gasteiger partial charge in [0, 0.05) is 0 Å². The van der Waals surface area contributed by atoms with Gasteiger partial charge in [-0.2, -0.15) is 0 Å². The standard InChI is InChI=1S/C10H19NO2S/c12-14(13,10-7-4-8-11-10)9-5-2-1-3-6-9/h9-11H,1-8H2. The molecule has 0 bridgehead atoms. The summed E-state index contributed by atoms with van der Waals surface area (Å²) in [6.45, 7) is 0.872. The molecule has 1 aliphatic heterocycles. The van der Waals surface area contributed by atoms with Crippen molar-refractivity contribution in [1.82, 2.24) is 5.32 Å². The molecule has 1 aliphatic carbocycles. The van der Waals surface area contributed by atoms with Gasteiger partial charge in [0.25, 0.3) is 0 Å². The highest BCUT2D eigenvalue weighted by molar-refractivity contribution is 7.92. The van der Waals surface area contributed by atoms with Crippen molar-refractivity contribution in [1.29, 1.82) is 0 Å². The van der Waals surface area contributed by atoms with Gasteiger partial charge in [0.2, 0.25) is 0 Å². The molecule has 14 heavy (non-hydrogen) atoms. The van der Waals surface area contributed by atoms with Crippen molar-refractivity contribution >= 4 is 9.84 Å². The van der Waals surface area contributed by atoms with Gasteiger partial charge in [-0.25, -0.2) is 8.42 Å². The molecule has 2 fully saturated rings. The first kappa shape index (κ1) is 10.4. The third-order valence-electron chi connectivity index (χ3n) is 3.43. The van der Waals surface area contributed by atoms with Gasteiger partial charge in [0.15, 0.2) is 9.84 Å². The molecule has 1 N–H and O–H groups in total. The fourth-order valence-electron chi connectivity index (χ4n) is 2.56. The minimum Gasteiger partial charge on any atom is -0.301 e. The summed E-state index contributed by atoms with van der Waals surface area (Å²) < 4.78 is 24.3. The summed E-state index contributed by atoms with van der Waals surface area (Å²) in [6, 6.07) is 0. The average molecular weight is 217 g/mol. The van der Waals surface area contributed by atoms with Crippen molar-refractivity contribution < 1.29 is 8.42 Å². The highest BCUT2D eigenvalue weighted by Gasteiger charge is 2.35. The van der Waals surface area contributed by atoms with E-state index in [-0.39, 0.29) is 10.6 Å². The van der Waals surface area contributed by atoms with Crippen molar-refractivity contribution in [3.8, 4) is 0 Å². The summed E-state index contributed by atoms with van der Waals surface area (Å²) in [5.74, 6) is 0. The molecule has 0 spiro atoms. The van der Waals surface area contributed by atoms with Crippen LogP contribution in [0.2, 0.25) is 0 Å². The monoisotopic (exact) mass is 217 g/mol. The smallest absolute Gasteiger partial charge is 0.168 e. The van der Waals surface area contributed by atoms with Crippen LogP contribution in [0.3, 0.4) is 0 Å². The van der Waals surface area contributed by atoms with Crippen LogP contribution in [0.15, 0.2) is 0 Å². The van der Waals surface area contributed by atoms with Crippen LogP contribution in [0.1, 0.15) is 44.9 Å². The molecule has 4 heteroatoms. The molecule has 82 valence electrons. The zero-order valence-corrected chi connectivity index (χ0v) is 9.35. The van der Waals surface area contributed by atoms with Gasteiger partial charge >= 0.3 is 0 Å². The topological polar surface area (TPSA) is 46.2 Å². The molecule has 0 aromatic heterocycles. The van der Waals surface area contributed by atoms with E-state index in [9.17, 15) is 8.42 Å². The van der Waals surface area contributed by atoms with Gasteiger partial charge in [-0.1, -0.05) is 19.3 Å². The van der Waals surface area contributed by atoms with Gasteiger partial charge in [0.1, 0.15) is 5.37 Å². The Morgan fingerprint density at radius 1 is 0.929 bits per heavy atom. The molecule has 0 aromatic rings. The summed E-state index contributed by atoms with van der Waals surface area (Å²) >= 11 is 0. The van der Waals surface area contributed by atoms with Crippen LogP contribution >= 0.6 is 0 Å². The quantitative estimate of drug-likeness (QED) is 0.761. The Labute approximate surface area is 86.2 Å². The Morgan fingerprint density at radius 3 is 2.21 bits per heavy atom. The molecule has 1 saturated carbocycles. The second-order valence-electron chi connectivity index (χ2n) is 4.43. The molecule has 0 radical (unpaired) electrons. The van der Waals surface area contributed by atoms with Crippen molar-refractivity contribution in [2.75, 3.05) is 6.54 Å². The van der Waals surface area contributed by atoms with E-state index < -0.39 is 9.84 Å². The lowest BCUT2D eigenvalue weighted by atomic mass is 10.0. The average Bonchev–Trinajstić information content (AvgIpc) is 2.72. The molecule has 2 rings (SSSR count). The fraction of sp³-hybridized carbons (Fsp3) is 1.00. The number of sulfone groups is 1. The van der Waals surface area contributed by atoms with Crippen LogP contribution < -0.4 is 5.32 Å². The van der Waals surface area contributed by atoms with Gasteiger partial charge in [0.05, 0.1) is 5.25 Å². The number of hydrogen-bond acceptors (Lipinski definition) is 3. The lowest BCUT2D eigenvalue weighted by molar-refractivity contribution is 0.474. The van der Waals surface area contributed by atoms with Crippen LogP contribution in [-0.4, -0.2) is 25.6 Å². The molecule has 1 atom stereocenters. The first-order valence-corrected chi connectivity index (χ1v) is 7.28. The zero-order valence-electron chi connectivity index (χ0n) is 8.54. The summed E-state index contributed by atoms with van der Waals surface area (Å²) in [6.07, 6.45) is 7.01. The van der Waals surface area contributed by atoms with Crippen LogP contribution in [0, 0.1) is 0 Å². The molecular formula is C10H19NO2S. The van der Waals surface area contributed by atoms with E-state index in [0.29, 0.717) is 0 Å². The SMILES string of the molecule is O=S(=O)(C1CCCCC1)C1CCCN1. The van der Waals surface area contributed by atoms with Crippen molar-refractivity contribution in [2.45, 2.75) is 55.6 Å². The lowest BCUT2D eigenvalue weighted by Crippen LogP contribution is -2.39. The second-order valence-corrected chi connectivity index (χ2v) is 6.85. The summed E-state index contributed by atoms with van der Waals surface area (Å²) in [4.78, 5) is 0. The maximum Gasteiger partial charge on any atom is 0.168 e. The Hall–Kier alpha value is -0.0900. The third kappa shape index (κ3) is 1.96. The van der Waals surface area contributed by atoms with E-state index in [0.717, 1.165) is 45.1 Å². The van der Waals surface area contributed by atoms with E-state index in [1.54, 1.807) is 0 Å². The summed E-state index contributed by atoms with van der Waals surface area (Å²) in [7, 11) is -2.87. The van der Waals surface area contributed by atoms with E-state index in [1.807, 2.05) is 0 Å². The number of nitrogens with one attached hydrogen (secondary N) is 1. The van der Waals surface area contributed by atoms with E-state index in [4.69, 9.17) is 0 Å². The third-order valence-corrected chi connectivity index (χ3v) is 6.02. The Morgan fingerprint density at radius 2 is 1.64 bits per heavy atom. The summed E-state index contributed by atoms with van der Waals surface area (Å²) in [5, 5.41) is 2.83. The summed E-state index contributed by atoms with van der Waals surface area (Å²) in [5.41, 5.74) is 0. The second kappa shape index (κ2) is 4.19. The lowest BCUT2D eigenvalue weighted by Gasteiger charge is -2.24. The van der Waals surface area contributed by atoms with Gasteiger partial charge in [-0.05, 0) is 32.2 Å². The van der Waals surface area contributed by atoms with E-state index in [1.165, 1.54) is 6.42 Å². The molecule has 1 saturated heterocycles. The molecule has 1 heterocycles. The minimum atomic E-state index is -2.87. The highest BCUT2D eigenvalue weighted by Crippen LogP contribution is 2.28. The number of hydrogen-bond donors (Lipinski definition) is 1. The molecule has 2 aliphatic rings. The van der Waals surface area contributed by atoms with Crippen molar-refractivity contribution in [3.05, 3.63) is 0 Å². The van der Waals surface area contributed by atoms with Crippen molar-refractivity contribution in [2.24, 2.45) is 0 Å². The molecular weight excluding hydrogens is 198 g/mol. The Bertz CT molecular complexity index is 274. The van der Waals surface area contributed by atoms with Crippen LogP contribution in [-0.2, 0) is 9.84 Å². The highest BCUT2D eigenvalue weighted by atomic mass is 32.2. The van der Waals surface area contributed by atoms with Gasteiger partial charge in [-0.3, -0.25) is 0 Å². The minimum absolute atomic E-state index is 0.0492. The fourth-order valence-corrected chi connectivity index (χ4v) is 4.86.